The average Bonchev–Trinajstić information content (AvgIpc) is 3.39. The SMILES string of the molecule is O=C(c1cccs1)N1CCN(c2ccc(-c3noc(C(F)(F)F)n3)cn2)CC1. The molecule has 0 bridgehead atoms. The fourth-order valence-corrected chi connectivity index (χ4v) is 3.55. The minimum absolute atomic E-state index is 0.0236. The molecule has 7 nitrogen and oxygen atoms in total. The number of carbonyl (C=O) groups excluding carboxylic acids is 1. The Balaban J connectivity index is 1.40. The molecule has 1 aliphatic heterocycles. The zero-order chi connectivity index (χ0) is 19.7. The molecule has 146 valence electrons. The Labute approximate surface area is 161 Å². The molecule has 4 rings (SSSR count). The molecule has 0 radical (unpaired) electrons. The van der Waals surface area contributed by atoms with Crippen molar-refractivity contribution in [1.29, 1.82) is 0 Å². The maximum absolute atomic E-state index is 12.6. The molecule has 0 aromatic carbocycles. The Hall–Kier alpha value is -2.95. The van der Waals surface area contributed by atoms with Crippen LogP contribution in [-0.4, -0.2) is 52.1 Å². The summed E-state index contributed by atoms with van der Waals surface area (Å²) in [5, 5.41) is 5.22. The van der Waals surface area contributed by atoms with Crippen LogP contribution in [0.25, 0.3) is 11.4 Å². The minimum Gasteiger partial charge on any atom is -0.353 e. The van der Waals surface area contributed by atoms with Gasteiger partial charge in [-0.1, -0.05) is 11.2 Å². The molecule has 1 saturated heterocycles. The molecule has 11 heteroatoms. The number of hydrogen-bond donors (Lipinski definition) is 0. The quantitative estimate of drug-likeness (QED) is 0.662. The van der Waals surface area contributed by atoms with Crippen LogP contribution in [0.1, 0.15) is 15.6 Å². The first kappa shape index (κ1) is 18.4. The van der Waals surface area contributed by atoms with Crippen LogP contribution in [0, 0.1) is 0 Å². The Bertz CT molecular complexity index is 948. The molecule has 0 spiro atoms. The summed E-state index contributed by atoms with van der Waals surface area (Å²) in [6.45, 7) is 2.37. The highest BCUT2D eigenvalue weighted by Gasteiger charge is 2.38. The molecule has 3 aromatic rings. The van der Waals surface area contributed by atoms with Crippen molar-refractivity contribution in [2.24, 2.45) is 0 Å². The molecule has 0 N–H and O–H groups in total. The molecule has 0 aliphatic carbocycles. The highest BCUT2D eigenvalue weighted by atomic mass is 32.1. The zero-order valence-electron chi connectivity index (χ0n) is 14.4. The van der Waals surface area contributed by atoms with E-state index in [2.05, 4.69) is 19.6 Å². The van der Waals surface area contributed by atoms with Gasteiger partial charge in [0.1, 0.15) is 5.82 Å². The summed E-state index contributed by atoms with van der Waals surface area (Å²) in [4.78, 5) is 24.5. The number of thiophene rings is 1. The van der Waals surface area contributed by atoms with Crippen molar-refractivity contribution in [2.75, 3.05) is 31.1 Å². The molecule has 1 amide bonds. The summed E-state index contributed by atoms with van der Waals surface area (Å²) in [6.07, 6.45) is -3.28. The van der Waals surface area contributed by atoms with Crippen molar-refractivity contribution in [3.63, 3.8) is 0 Å². The van der Waals surface area contributed by atoms with Crippen molar-refractivity contribution >= 4 is 23.1 Å². The number of carbonyl (C=O) groups is 1. The van der Waals surface area contributed by atoms with E-state index in [-0.39, 0.29) is 11.7 Å². The largest absolute Gasteiger partial charge is 0.471 e. The summed E-state index contributed by atoms with van der Waals surface area (Å²) in [7, 11) is 0. The van der Waals surface area contributed by atoms with Gasteiger partial charge in [-0.2, -0.15) is 18.2 Å². The first-order chi connectivity index (χ1) is 13.4. The van der Waals surface area contributed by atoms with E-state index >= 15 is 0 Å². The lowest BCUT2D eigenvalue weighted by Gasteiger charge is -2.35. The minimum atomic E-state index is -4.68. The summed E-state index contributed by atoms with van der Waals surface area (Å²) in [6, 6.07) is 6.94. The van der Waals surface area contributed by atoms with Gasteiger partial charge in [-0.3, -0.25) is 4.79 Å². The molecular formula is C17H14F3N5O2S. The van der Waals surface area contributed by atoms with Gasteiger partial charge in [0, 0.05) is 37.9 Å². The van der Waals surface area contributed by atoms with E-state index in [4.69, 9.17) is 0 Å². The summed E-state index contributed by atoms with van der Waals surface area (Å²) in [5.41, 5.74) is 0.328. The van der Waals surface area contributed by atoms with Gasteiger partial charge < -0.3 is 14.3 Å². The van der Waals surface area contributed by atoms with Gasteiger partial charge in [0.25, 0.3) is 5.91 Å². The van der Waals surface area contributed by atoms with Crippen LogP contribution >= 0.6 is 11.3 Å². The van der Waals surface area contributed by atoms with Crippen LogP contribution in [-0.2, 0) is 6.18 Å². The number of anilines is 1. The standard InChI is InChI=1S/C17H14F3N5O2S/c18-17(19,20)16-22-14(23-27-16)11-3-4-13(21-10-11)24-5-7-25(8-6-24)15(26)12-2-1-9-28-12/h1-4,9-10H,5-8H2. The maximum Gasteiger partial charge on any atom is 0.471 e. The number of piperazine rings is 1. The van der Waals surface area contributed by atoms with E-state index in [1.54, 1.807) is 17.0 Å². The normalized spacial score (nSPS) is 15.1. The van der Waals surface area contributed by atoms with Crippen molar-refractivity contribution in [3.05, 3.63) is 46.6 Å². The Morgan fingerprint density at radius 3 is 2.50 bits per heavy atom. The van der Waals surface area contributed by atoms with E-state index in [1.165, 1.54) is 17.5 Å². The number of pyridine rings is 1. The maximum atomic E-state index is 12.6. The van der Waals surface area contributed by atoms with E-state index in [0.29, 0.717) is 42.4 Å². The summed E-state index contributed by atoms with van der Waals surface area (Å²) >= 11 is 1.42. The molecule has 28 heavy (non-hydrogen) atoms. The smallest absolute Gasteiger partial charge is 0.353 e. The molecular weight excluding hydrogens is 395 g/mol. The van der Waals surface area contributed by atoms with Gasteiger partial charge in [-0.15, -0.1) is 11.3 Å². The second-order valence-electron chi connectivity index (χ2n) is 6.08. The molecule has 4 heterocycles. The summed E-state index contributed by atoms with van der Waals surface area (Å²) in [5.74, 6) is -0.863. The Morgan fingerprint density at radius 1 is 1.14 bits per heavy atom. The van der Waals surface area contributed by atoms with Crippen molar-refractivity contribution < 1.29 is 22.5 Å². The number of alkyl halides is 3. The van der Waals surface area contributed by atoms with E-state index in [1.807, 2.05) is 22.4 Å². The van der Waals surface area contributed by atoms with Gasteiger partial charge in [-0.25, -0.2) is 4.98 Å². The lowest BCUT2D eigenvalue weighted by Crippen LogP contribution is -2.48. The van der Waals surface area contributed by atoms with Crippen molar-refractivity contribution in [3.8, 4) is 11.4 Å². The second kappa shape index (κ2) is 7.23. The first-order valence-electron chi connectivity index (χ1n) is 8.37. The van der Waals surface area contributed by atoms with Gasteiger partial charge >= 0.3 is 12.1 Å². The van der Waals surface area contributed by atoms with Crippen molar-refractivity contribution in [2.45, 2.75) is 6.18 Å². The third kappa shape index (κ3) is 3.70. The Morgan fingerprint density at radius 2 is 1.93 bits per heavy atom. The van der Waals surface area contributed by atoms with Gasteiger partial charge in [-0.05, 0) is 23.6 Å². The highest BCUT2D eigenvalue weighted by Crippen LogP contribution is 2.29. The number of halogens is 3. The monoisotopic (exact) mass is 409 g/mol. The van der Waals surface area contributed by atoms with E-state index in [9.17, 15) is 18.0 Å². The third-order valence-electron chi connectivity index (χ3n) is 4.30. The van der Waals surface area contributed by atoms with Gasteiger partial charge in [0.2, 0.25) is 5.82 Å². The third-order valence-corrected chi connectivity index (χ3v) is 5.16. The van der Waals surface area contributed by atoms with E-state index in [0.717, 1.165) is 0 Å². The number of nitrogens with zero attached hydrogens (tertiary/aromatic N) is 5. The highest BCUT2D eigenvalue weighted by molar-refractivity contribution is 7.12. The number of rotatable bonds is 3. The van der Waals surface area contributed by atoms with Crippen LogP contribution in [0.15, 0.2) is 40.4 Å². The number of hydrogen-bond acceptors (Lipinski definition) is 7. The summed E-state index contributed by atoms with van der Waals surface area (Å²) < 4.78 is 41.9. The average molecular weight is 409 g/mol. The predicted molar refractivity (Wildman–Crippen MR) is 95.0 cm³/mol. The van der Waals surface area contributed by atoms with Crippen LogP contribution in [0.4, 0.5) is 19.0 Å². The van der Waals surface area contributed by atoms with Crippen LogP contribution in [0.5, 0.6) is 0 Å². The lowest BCUT2D eigenvalue weighted by atomic mass is 10.2. The first-order valence-corrected chi connectivity index (χ1v) is 9.25. The fraction of sp³-hybridized carbons (Fsp3) is 0.294. The number of amides is 1. The lowest BCUT2D eigenvalue weighted by molar-refractivity contribution is -0.159. The predicted octanol–water partition coefficient (Wildman–Crippen LogP) is 3.17. The molecule has 1 fully saturated rings. The Kier molecular flexibility index (Phi) is 4.75. The van der Waals surface area contributed by atoms with Crippen molar-refractivity contribution in [1.82, 2.24) is 20.0 Å². The van der Waals surface area contributed by atoms with Crippen LogP contribution in [0.2, 0.25) is 0 Å². The van der Waals surface area contributed by atoms with Crippen LogP contribution in [0.3, 0.4) is 0 Å². The van der Waals surface area contributed by atoms with Crippen LogP contribution < -0.4 is 4.90 Å². The molecule has 3 aromatic heterocycles. The second-order valence-corrected chi connectivity index (χ2v) is 7.03. The van der Waals surface area contributed by atoms with E-state index < -0.39 is 12.1 Å². The van der Waals surface area contributed by atoms with Gasteiger partial charge in [0.05, 0.1) is 4.88 Å². The topological polar surface area (TPSA) is 75.4 Å². The number of aromatic nitrogens is 3. The van der Waals surface area contributed by atoms with Gasteiger partial charge in [0.15, 0.2) is 0 Å². The molecule has 0 atom stereocenters. The molecule has 1 aliphatic rings. The molecule has 0 unspecified atom stereocenters. The fourth-order valence-electron chi connectivity index (χ4n) is 2.86. The molecule has 0 saturated carbocycles. The zero-order valence-corrected chi connectivity index (χ0v) is 15.2.